The lowest BCUT2D eigenvalue weighted by Crippen LogP contribution is -2.10. The van der Waals surface area contributed by atoms with E-state index in [1.807, 2.05) is 0 Å². The van der Waals surface area contributed by atoms with Crippen LogP contribution in [0.15, 0.2) is 0 Å². The van der Waals surface area contributed by atoms with E-state index in [2.05, 4.69) is 13.8 Å². The molecule has 0 aliphatic rings. The molecule has 0 saturated heterocycles. The minimum atomic E-state index is 0.733. The van der Waals surface area contributed by atoms with E-state index < -0.39 is 0 Å². The Bertz CT molecular complexity index is 81.1. The molecule has 1 unspecified atom stereocenters. The second-order valence-electron chi connectivity index (χ2n) is 3.90. The van der Waals surface area contributed by atoms with Gasteiger partial charge in [0.1, 0.15) is 0 Å². The average Bonchev–Trinajstić information content (AvgIpc) is 2.10. The molecule has 0 aliphatic carbocycles. The van der Waals surface area contributed by atoms with Crippen LogP contribution in [0.25, 0.3) is 0 Å². The molecule has 0 aromatic rings. The Hall–Kier alpha value is -0.0400. The number of nitrogens with two attached hydrogens (primary N) is 1. The van der Waals surface area contributed by atoms with Gasteiger partial charge in [0.15, 0.2) is 0 Å². The highest BCUT2D eigenvalue weighted by atomic mass is 14.5. The molecule has 12 heavy (non-hydrogen) atoms. The topological polar surface area (TPSA) is 26.0 Å². The lowest BCUT2D eigenvalue weighted by atomic mass is 10.0. The quantitative estimate of drug-likeness (QED) is 0.557. The van der Waals surface area contributed by atoms with Crippen LogP contribution >= 0.6 is 0 Å². The molecule has 0 heterocycles. The summed E-state index contributed by atoms with van der Waals surface area (Å²) in [6.07, 6.45) is 9.71. The molecular formula is C11H25N. The van der Waals surface area contributed by atoms with Crippen LogP contribution in [0.5, 0.6) is 0 Å². The van der Waals surface area contributed by atoms with Crippen LogP contribution in [0.1, 0.15) is 58.8 Å². The highest BCUT2D eigenvalue weighted by Crippen LogP contribution is 2.10. The molecule has 0 aromatic carbocycles. The smallest absolute Gasteiger partial charge is 0.00515 e. The maximum absolute atomic E-state index is 5.53. The maximum Gasteiger partial charge on any atom is -0.00515 e. The van der Waals surface area contributed by atoms with Gasteiger partial charge in [-0.15, -0.1) is 0 Å². The molecule has 0 bridgehead atoms. The first-order chi connectivity index (χ1) is 5.81. The molecule has 0 saturated carbocycles. The molecule has 0 radical (unpaired) electrons. The van der Waals surface area contributed by atoms with Crippen molar-refractivity contribution in [1.82, 2.24) is 0 Å². The zero-order valence-corrected chi connectivity index (χ0v) is 8.81. The molecule has 0 aromatic heterocycles. The van der Waals surface area contributed by atoms with Gasteiger partial charge in [-0.3, -0.25) is 0 Å². The van der Waals surface area contributed by atoms with Crippen molar-refractivity contribution in [3.63, 3.8) is 0 Å². The van der Waals surface area contributed by atoms with Gasteiger partial charge in [0.2, 0.25) is 0 Å². The lowest BCUT2D eigenvalue weighted by Gasteiger charge is -2.06. The second-order valence-corrected chi connectivity index (χ2v) is 3.90. The fourth-order valence-corrected chi connectivity index (χ4v) is 1.39. The Morgan fingerprint density at radius 3 is 2.17 bits per heavy atom. The Morgan fingerprint density at radius 1 is 1.00 bits per heavy atom. The largest absolute Gasteiger partial charge is 0.330 e. The zero-order chi connectivity index (χ0) is 9.23. The van der Waals surface area contributed by atoms with Gasteiger partial charge in [-0.2, -0.15) is 0 Å². The molecular weight excluding hydrogens is 146 g/mol. The van der Waals surface area contributed by atoms with E-state index in [-0.39, 0.29) is 0 Å². The van der Waals surface area contributed by atoms with Gasteiger partial charge in [0.25, 0.3) is 0 Å². The number of hydrogen-bond acceptors (Lipinski definition) is 1. The summed E-state index contributed by atoms with van der Waals surface area (Å²) in [5.74, 6) is 0.733. The molecule has 2 N–H and O–H groups in total. The van der Waals surface area contributed by atoms with Crippen LogP contribution in [0, 0.1) is 5.92 Å². The third kappa shape index (κ3) is 8.06. The van der Waals surface area contributed by atoms with E-state index in [1.165, 1.54) is 44.9 Å². The van der Waals surface area contributed by atoms with E-state index in [0.29, 0.717) is 0 Å². The fraction of sp³-hybridized carbons (Fsp3) is 1.00. The fourth-order valence-electron chi connectivity index (χ4n) is 1.39. The summed E-state index contributed by atoms with van der Waals surface area (Å²) in [5.41, 5.74) is 5.53. The van der Waals surface area contributed by atoms with Gasteiger partial charge in [-0.1, -0.05) is 52.4 Å². The van der Waals surface area contributed by atoms with Crippen LogP contribution in [-0.2, 0) is 0 Å². The van der Waals surface area contributed by atoms with Crippen LogP contribution in [0.3, 0.4) is 0 Å². The monoisotopic (exact) mass is 171 g/mol. The first-order valence-corrected chi connectivity index (χ1v) is 5.51. The van der Waals surface area contributed by atoms with Gasteiger partial charge < -0.3 is 5.73 Å². The summed E-state index contributed by atoms with van der Waals surface area (Å²) in [4.78, 5) is 0. The first-order valence-electron chi connectivity index (χ1n) is 5.51. The molecule has 1 atom stereocenters. The van der Waals surface area contributed by atoms with E-state index in [1.54, 1.807) is 0 Å². The van der Waals surface area contributed by atoms with Crippen LogP contribution in [0.4, 0.5) is 0 Å². The summed E-state index contributed by atoms with van der Waals surface area (Å²) < 4.78 is 0. The van der Waals surface area contributed by atoms with Crippen molar-refractivity contribution < 1.29 is 0 Å². The van der Waals surface area contributed by atoms with Gasteiger partial charge in [-0.05, 0) is 18.9 Å². The van der Waals surface area contributed by atoms with Crippen molar-refractivity contribution in [3.05, 3.63) is 0 Å². The van der Waals surface area contributed by atoms with Gasteiger partial charge in [-0.25, -0.2) is 0 Å². The maximum atomic E-state index is 5.53. The lowest BCUT2D eigenvalue weighted by molar-refractivity contribution is 0.491. The molecule has 0 fully saturated rings. The van der Waals surface area contributed by atoms with Gasteiger partial charge in [0.05, 0.1) is 0 Å². The van der Waals surface area contributed by atoms with Crippen LogP contribution in [-0.4, -0.2) is 6.54 Å². The summed E-state index contributed by atoms with van der Waals surface area (Å²) in [6.45, 7) is 5.36. The Labute approximate surface area is 77.7 Å². The van der Waals surface area contributed by atoms with E-state index >= 15 is 0 Å². The summed E-state index contributed by atoms with van der Waals surface area (Å²) >= 11 is 0. The van der Waals surface area contributed by atoms with Crippen molar-refractivity contribution in [1.29, 1.82) is 0 Å². The molecule has 0 rings (SSSR count). The summed E-state index contributed by atoms with van der Waals surface area (Å²) in [7, 11) is 0. The second kappa shape index (κ2) is 9.05. The molecule has 0 amide bonds. The predicted octanol–water partition coefficient (Wildman–Crippen LogP) is 3.33. The minimum absolute atomic E-state index is 0.733. The van der Waals surface area contributed by atoms with Crippen LogP contribution < -0.4 is 5.73 Å². The summed E-state index contributed by atoms with van der Waals surface area (Å²) in [6, 6.07) is 0. The molecule has 1 heteroatoms. The number of rotatable bonds is 8. The first kappa shape index (κ1) is 12.0. The summed E-state index contributed by atoms with van der Waals surface area (Å²) in [5, 5.41) is 0. The van der Waals surface area contributed by atoms with Crippen LogP contribution in [0.2, 0.25) is 0 Å². The van der Waals surface area contributed by atoms with Gasteiger partial charge in [0, 0.05) is 0 Å². The SMILES string of the molecule is CCCCCCCCC(C)CN. The molecule has 74 valence electrons. The Balaban J connectivity index is 2.90. The third-order valence-corrected chi connectivity index (χ3v) is 2.45. The molecule has 0 spiro atoms. The minimum Gasteiger partial charge on any atom is -0.330 e. The van der Waals surface area contributed by atoms with E-state index in [9.17, 15) is 0 Å². The van der Waals surface area contributed by atoms with Gasteiger partial charge >= 0.3 is 0 Å². The molecule has 0 aliphatic heterocycles. The Morgan fingerprint density at radius 2 is 1.58 bits per heavy atom. The zero-order valence-electron chi connectivity index (χ0n) is 8.81. The Kier molecular flexibility index (Phi) is 9.02. The van der Waals surface area contributed by atoms with Crippen molar-refractivity contribution >= 4 is 0 Å². The average molecular weight is 171 g/mol. The predicted molar refractivity (Wildman–Crippen MR) is 56.2 cm³/mol. The number of unbranched alkanes of at least 4 members (excludes halogenated alkanes) is 5. The third-order valence-electron chi connectivity index (χ3n) is 2.45. The molecule has 1 nitrogen and oxygen atoms in total. The van der Waals surface area contributed by atoms with Crippen molar-refractivity contribution in [2.24, 2.45) is 11.7 Å². The standard InChI is InChI=1S/C11H25N/c1-3-4-5-6-7-8-9-11(2)10-12/h11H,3-10,12H2,1-2H3. The van der Waals surface area contributed by atoms with Crippen molar-refractivity contribution in [3.8, 4) is 0 Å². The highest BCUT2D eigenvalue weighted by Gasteiger charge is 1.97. The van der Waals surface area contributed by atoms with E-state index in [4.69, 9.17) is 5.73 Å². The highest BCUT2D eigenvalue weighted by molar-refractivity contribution is 4.53. The van der Waals surface area contributed by atoms with E-state index in [0.717, 1.165) is 12.5 Å². The number of hydrogen-bond donors (Lipinski definition) is 1. The normalized spacial score (nSPS) is 13.2. The van der Waals surface area contributed by atoms with Crippen molar-refractivity contribution in [2.45, 2.75) is 58.8 Å². The van der Waals surface area contributed by atoms with Crippen molar-refractivity contribution in [2.75, 3.05) is 6.54 Å².